The molecule has 0 bridgehead atoms. The third-order valence-corrected chi connectivity index (χ3v) is 4.81. The molecule has 0 aliphatic heterocycles. The standard InChI is InChI=1S/C24H21N3O2/c1-3-27(20-10-5-4-6-11-20)24(28)19-15-13-18(14-16-19)22-25-26-23(29-22)21-12-8-7-9-17(21)2/h4-16H,3H2,1-2H3. The Morgan fingerprint density at radius 2 is 1.52 bits per heavy atom. The van der Waals surface area contributed by atoms with Crippen molar-refractivity contribution in [2.75, 3.05) is 11.4 Å². The van der Waals surface area contributed by atoms with E-state index in [-0.39, 0.29) is 5.91 Å². The Labute approximate surface area is 169 Å². The van der Waals surface area contributed by atoms with Gasteiger partial charge >= 0.3 is 0 Å². The summed E-state index contributed by atoms with van der Waals surface area (Å²) in [5.74, 6) is 0.869. The number of carbonyl (C=O) groups is 1. The van der Waals surface area contributed by atoms with E-state index in [1.807, 2.05) is 80.6 Å². The van der Waals surface area contributed by atoms with Gasteiger partial charge in [0.15, 0.2) is 0 Å². The SMILES string of the molecule is CCN(C(=O)c1ccc(-c2nnc(-c3ccccc3C)o2)cc1)c1ccccc1. The molecule has 0 aliphatic rings. The van der Waals surface area contributed by atoms with Gasteiger partial charge in [-0.15, -0.1) is 10.2 Å². The molecule has 0 saturated heterocycles. The number of hydrogen-bond donors (Lipinski definition) is 0. The van der Waals surface area contributed by atoms with E-state index in [0.717, 1.165) is 22.4 Å². The number of benzene rings is 3. The van der Waals surface area contributed by atoms with E-state index in [0.29, 0.717) is 23.9 Å². The lowest BCUT2D eigenvalue weighted by Crippen LogP contribution is -2.30. The molecule has 1 aromatic heterocycles. The molecule has 0 unspecified atom stereocenters. The van der Waals surface area contributed by atoms with Crippen LogP contribution < -0.4 is 4.90 Å². The van der Waals surface area contributed by atoms with Crippen LogP contribution in [0.3, 0.4) is 0 Å². The van der Waals surface area contributed by atoms with Crippen LogP contribution in [0.15, 0.2) is 83.3 Å². The number of hydrogen-bond acceptors (Lipinski definition) is 4. The van der Waals surface area contributed by atoms with E-state index < -0.39 is 0 Å². The van der Waals surface area contributed by atoms with Crippen LogP contribution in [-0.4, -0.2) is 22.6 Å². The summed E-state index contributed by atoms with van der Waals surface area (Å²) in [7, 11) is 0. The van der Waals surface area contributed by atoms with Gasteiger partial charge in [0.25, 0.3) is 5.91 Å². The van der Waals surface area contributed by atoms with Gasteiger partial charge in [0.2, 0.25) is 11.8 Å². The molecule has 5 nitrogen and oxygen atoms in total. The van der Waals surface area contributed by atoms with Gasteiger partial charge < -0.3 is 9.32 Å². The van der Waals surface area contributed by atoms with E-state index in [9.17, 15) is 4.79 Å². The van der Waals surface area contributed by atoms with Crippen LogP contribution in [0.2, 0.25) is 0 Å². The first-order chi connectivity index (χ1) is 14.2. The first-order valence-corrected chi connectivity index (χ1v) is 9.54. The Bertz CT molecular complexity index is 1120. The van der Waals surface area contributed by atoms with Gasteiger partial charge in [-0.1, -0.05) is 36.4 Å². The van der Waals surface area contributed by atoms with Crippen molar-refractivity contribution in [1.29, 1.82) is 0 Å². The van der Waals surface area contributed by atoms with Crippen LogP contribution >= 0.6 is 0 Å². The zero-order valence-corrected chi connectivity index (χ0v) is 16.4. The van der Waals surface area contributed by atoms with Gasteiger partial charge in [0, 0.05) is 28.9 Å². The van der Waals surface area contributed by atoms with E-state index in [1.54, 1.807) is 17.0 Å². The fourth-order valence-electron chi connectivity index (χ4n) is 3.22. The first kappa shape index (κ1) is 18.6. The van der Waals surface area contributed by atoms with Crippen LogP contribution in [0, 0.1) is 6.92 Å². The maximum atomic E-state index is 12.9. The summed E-state index contributed by atoms with van der Waals surface area (Å²) in [5.41, 5.74) is 4.25. The van der Waals surface area contributed by atoms with Gasteiger partial charge in [-0.25, -0.2) is 0 Å². The number of nitrogens with zero attached hydrogens (tertiary/aromatic N) is 3. The second kappa shape index (κ2) is 8.10. The molecule has 0 saturated carbocycles. The second-order valence-electron chi connectivity index (χ2n) is 6.69. The molecule has 4 rings (SSSR count). The van der Waals surface area contributed by atoms with Gasteiger partial charge in [0.1, 0.15) is 0 Å². The molecule has 4 aromatic rings. The van der Waals surface area contributed by atoms with Gasteiger partial charge in [-0.05, 0) is 61.9 Å². The van der Waals surface area contributed by atoms with Crippen LogP contribution in [0.4, 0.5) is 5.69 Å². The highest BCUT2D eigenvalue weighted by molar-refractivity contribution is 6.06. The van der Waals surface area contributed by atoms with Crippen molar-refractivity contribution in [3.05, 3.63) is 90.0 Å². The van der Waals surface area contributed by atoms with Crippen molar-refractivity contribution in [2.45, 2.75) is 13.8 Å². The molecule has 5 heteroatoms. The number of rotatable bonds is 5. The average Bonchev–Trinajstić information content (AvgIpc) is 3.25. The second-order valence-corrected chi connectivity index (χ2v) is 6.69. The molecule has 0 aliphatic carbocycles. The van der Waals surface area contributed by atoms with E-state index >= 15 is 0 Å². The molecule has 1 amide bonds. The van der Waals surface area contributed by atoms with Gasteiger partial charge in [0.05, 0.1) is 0 Å². The molecular weight excluding hydrogens is 362 g/mol. The van der Waals surface area contributed by atoms with Crippen molar-refractivity contribution >= 4 is 11.6 Å². The Balaban J connectivity index is 1.57. The minimum absolute atomic E-state index is 0.0450. The number of amides is 1. The fraction of sp³-hybridized carbons (Fsp3) is 0.125. The van der Waals surface area contributed by atoms with Crippen molar-refractivity contribution in [1.82, 2.24) is 10.2 Å². The van der Waals surface area contributed by atoms with Crippen LogP contribution in [0.1, 0.15) is 22.8 Å². The van der Waals surface area contributed by atoms with Crippen LogP contribution in [-0.2, 0) is 0 Å². The number of anilines is 1. The predicted octanol–water partition coefficient (Wildman–Crippen LogP) is 5.38. The zero-order chi connectivity index (χ0) is 20.2. The topological polar surface area (TPSA) is 59.2 Å². The highest BCUT2D eigenvalue weighted by atomic mass is 16.4. The quantitative estimate of drug-likeness (QED) is 0.464. The van der Waals surface area contributed by atoms with Crippen molar-refractivity contribution in [3.63, 3.8) is 0 Å². The van der Waals surface area contributed by atoms with E-state index in [1.165, 1.54) is 0 Å². The van der Waals surface area contributed by atoms with Crippen LogP contribution in [0.5, 0.6) is 0 Å². The van der Waals surface area contributed by atoms with E-state index in [4.69, 9.17) is 4.42 Å². The predicted molar refractivity (Wildman–Crippen MR) is 114 cm³/mol. The van der Waals surface area contributed by atoms with Gasteiger partial charge in [-0.2, -0.15) is 0 Å². The summed E-state index contributed by atoms with van der Waals surface area (Å²) in [6.45, 7) is 4.56. The van der Waals surface area contributed by atoms with Crippen molar-refractivity contribution in [3.8, 4) is 22.9 Å². The van der Waals surface area contributed by atoms with Crippen molar-refractivity contribution in [2.24, 2.45) is 0 Å². The smallest absolute Gasteiger partial charge is 0.258 e. The maximum Gasteiger partial charge on any atom is 0.258 e. The molecule has 3 aromatic carbocycles. The molecule has 0 N–H and O–H groups in total. The van der Waals surface area contributed by atoms with Crippen LogP contribution in [0.25, 0.3) is 22.9 Å². The lowest BCUT2D eigenvalue weighted by molar-refractivity contribution is 0.0988. The van der Waals surface area contributed by atoms with Gasteiger partial charge in [-0.3, -0.25) is 4.79 Å². The van der Waals surface area contributed by atoms with Crippen molar-refractivity contribution < 1.29 is 9.21 Å². The lowest BCUT2D eigenvalue weighted by Gasteiger charge is -2.21. The minimum Gasteiger partial charge on any atom is -0.416 e. The first-order valence-electron chi connectivity index (χ1n) is 9.54. The Morgan fingerprint density at radius 1 is 0.862 bits per heavy atom. The molecule has 144 valence electrons. The summed E-state index contributed by atoms with van der Waals surface area (Å²) in [6.07, 6.45) is 0. The molecule has 1 heterocycles. The zero-order valence-electron chi connectivity index (χ0n) is 16.4. The Morgan fingerprint density at radius 3 is 2.21 bits per heavy atom. The fourth-order valence-corrected chi connectivity index (χ4v) is 3.22. The number of para-hydroxylation sites is 1. The molecule has 0 fully saturated rings. The Kier molecular flexibility index (Phi) is 5.20. The summed E-state index contributed by atoms with van der Waals surface area (Å²) in [4.78, 5) is 14.7. The summed E-state index contributed by atoms with van der Waals surface area (Å²) in [6, 6.07) is 24.8. The minimum atomic E-state index is -0.0450. The number of aryl methyl sites for hydroxylation is 1. The number of aromatic nitrogens is 2. The highest BCUT2D eigenvalue weighted by Gasteiger charge is 2.17. The molecule has 0 atom stereocenters. The summed E-state index contributed by atoms with van der Waals surface area (Å²) < 4.78 is 5.86. The molecule has 0 spiro atoms. The molecule has 29 heavy (non-hydrogen) atoms. The molecular formula is C24H21N3O2. The highest BCUT2D eigenvalue weighted by Crippen LogP contribution is 2.26. The summed E-state index contributed by atoms with van der Waals surface area (Å²) in [5, 5.41) is 8.34. The average molecular weight is 383 g/mol. The maximum absolute atomic E-state index is 12.9. The third kappa shape index (κ3) is 3.80. The molecule has 0 radical (unpaired) electrons. The third-order valence-electron chi connectivity index (χ3n) is 4.81. The normalized spacial score (nSPS) is 10.7. The van der Waals surface area contributed by atoms with E-state index in [2.05, 4.69) is 10.2 Å². The monoisotopic (exact) mass is 383 g/mol. The largest absolute Gasteiger partial charge is 0.416 e. The Hall–Kier alpha value is -3.73. The number of carbonyl (C=O) groups excluding carboxylic acids is 1. The lowest BCUT2D eigenvalue weighted by atomic mass is 10.1. The summed E-state index contributed by atoms with van der Waals surface area (Å²) >= 11 is 0.